The molecule has 9 heteroatoms. The summed E-state index contributed by atoms with van der Waals surface area (Å²) in [5, 5.41) is 11.9. The molecule has 2 atom stereocenters. The van der Waals surface area contributed by atoms with Gasteiger partial charge in [-0.15, -0.1) is 5.10 Å². The molecule has 1 aliphatic rings. The monoisotopic (exact) mass is 445 g/mol. The lowest BCUT2D eigenvalue weighted by Crippen LogP contribution is -2.44. The summed E-state index contributed by atoms with van der Waals surface area (Å²) >= 11 is 0. The van der Waals surface area contributed by atoms with Crippen molar-refractivity contribution < 1.29 is 9.53 Å². The first-order valence-corrected chi connectivity index (χ1v) is 11.2. The number of carbonyl (C=O) groups is 1. The van der Waals surface area contributed by atoms with Gasteiger partial charge in [0.25, 0.3) is 0 Å². The van der Waals surface area contributed by atoms with Crippen LogP contribution < -0.4 is 4.74 Å². The van der Waals surface area contributed by atoms with Crippen LogP contribution in [-0.4, -0.2) is 61.2 Å². The van der Waals surface area contributed by atoms with Crippen LogP contribution in [0.25, 0.3) is 11.0 Å². The number of carbonyl (C=O) groups excluding carboxylic acids is 1. The van der Waals surface area contributed by atoms with Gasteiger partial charge >= 0.3 is 0 Å². The molecule has 4 aromatic rings. The fourth-order valence-electron chi connectivity index (χ4n) is 4.60. The van der Waals surface area contributed by atoms with Gasteiger partial charge in [0.1, 0.15) is 23.4 Å². The topological polar surface area (TPSA) is 102 Å². The number of methoxy groups -OCH3 is 1. The third-order valence-electron chi connectivity index (χ3n) is 6.33. The number of aromatic amines is 1. The molecular weight excluding hydrogens is 418 g/mol. The Bertz CT molecular complexity index is 1230. The summed E-state index contributed by atoms with van der Waals surface area (Å²) in [6.45, 7) is 3.15. The average Bonchev–Trinajstić information content (AvgIpc) is 3.48. The first-order chi connectivity index (χ1) is 16.1. The minimum absolute atomic E-state index is 0.0223. The number of aryl methyl sites for hydroxylation is 1. The summed E-state index contributed by atoms with van der Waals surface area (Å²) < 4.78 is 6.99. The van der Waals surface area contributed by atoms with Gasteiger partial charge in [-0.1, -0.05) is 24.3 Å². The number of piperidine rings is 1. The van der Waals surface area contributed by atoms with E-state index in [1.807, 2.05) is 60.4 Å². The highest BCUT2D eigenvalue weighted by Crippen LogP contribution is 2.29. The van der Waals surface area contributed by atoms with Crippen molar-refractivity contribution in [2.45, 2.75) is 38.1 Å². The lowest BCUT2D eigenvalue weighted by atomic mass is 9.96. The van der Waals surface area contributed by atoms with E-state index < -0.39 is 6.04 Å². The minimum Gasteiger partial charge on any atom is -0.497 e. The molecule has 1 amide bonds. The number of rotatable bonds is 6. The number of likely N-dealkylation sites (tertiary alicyclic amines) is 1. The lowest BCUT2D eigenvalue weighted by molar-refractivity contribution is -0.136. The van der Waals surface area contributed by atoms with E-state index in [2.05, 4.69) is 20.5 Å². The van der Waals surface area contributed by atoms with Gasteiger partial charge in [-0.25, -0.2) is 9.67 Å². The van der Waals surface area contributed by atoms with Crippen molar-refractivity contribution in [3.05, 3.63) is 65.7 Å². The molecule has 3 heterocycles. The smallest absolute Gasteiger partial charge is 0.247 e. The average molecular weight is 446 g/mol. The highest BCUT2D eigenvalue weighted by Gasteiger charge is 2.33. The fraction of sp³-hybridized carbons (Fsp3) is 0.375. The van der Waals surface area contributed by atoms with Crippen LogP contribution >= 0.6 is 0 Å². The van der Waals surface area contributed by atoms with Gasteiger partial charge in [0.05, 0.1) is 18.1 Å². The Morgan fingerprint density at radius 1 is 1.24 bits per heavy atom. The number of aromatic nitrogens is 6. The molecule has 0 saturated carbocycles. The van der Waals surface area contributed by atoms with Crippen LogP contribution in [0.3, 0.4) is 0 Å². The Balaban J connectivity index is 1.40. The number of imidazole rings is 1. The van der Waals surface area contributed by atoms with Crippen molar-refractivity contribution in [3.8, 4) is 5.75 Å². The van der Waals surface area contributed by atoms with Crippen LogP contribution in [0.15, 0.2) is 48.5 Å². The standard InChI is InChI=1S/C24H27N7O2/c1-16-27-28-29-31(16)22(14-17-7-5-9-19(13-17)33-2)24(32)30-12-6-8-18(15-30)23-25-20-10-3-4-11-21(20)26-23/h3-5,7,9-11,13,18,22H,6,8,12,14-15H2,1-2H3,(H,25,26)/t18-,22-/m0/s1. The number of ether oxygens (including phenoxy) is 1. The van der Waals surface area contributed by atoms with Gasteiger partial charge in [-0.3, -0.25) is 4.79 Å². The zero-order chi connectivity index (χ0) is 22.8. The highest BCUT2D eigenvalue weighted by atomic mass is 16.5. The first kappa shape index (κ1) is 21.1. The Hall–Kier alpha value is -3.75. The number of hydrogen-bond donors (Lipinski definition) is 1. The molecule has 1 saturated heterocycles. The number of fused-ring (bicyclic) bond motifs is 1. The van der Waals surface area contributed by atoms with Gasteiger partial charge in [0, 0.05) is 25.4 Å². The Morgan fingerprint density at radius 2 is 2.12 bits per heavy atom. The van der Waals surface area contributed by atoms with E-state index >= 15 is 0 Å². The number of amides is 1. The molecule has 2 aromatic carbocycles. The number of nitrogens with zero attached hydrogens (tertiary/aromatic N) is 6. The molecule has 33 heavy (non-hydrogen) atoms. The molecule has 1 fully saturated rings. The van der Waals surface area contributed by atoms with E-state index in [0.717, 1.165) is 41.0 Å². The summed E-state index contributed by atoms with van der Waals surface area (Å²) in [6, 6.07) is 15.3. The van der Waals surface area contributed by atoms with Crippen LogP contribution in [0.2, 0.25) is 0 Å². The van der Waals surface area contributed by atoms with Crippen molar-refractivity contribution in [2.75, 3.05) is 20.2 Å². The molecular formula is C24H27N7O2. The Morgan fingerprint density at radius 3 is 2.91 bits per heavy atom. The zero-order valence-corrected chi connectivity index (χ0v) is 18.8. The van der Waals surface area contributed by atoms with Gasteiger partial charge in [-0.2, -0.15) is 0 Å². The maximum atomic E-state index is 13.8. The second kappa shape index (κ2) is 9.01. The molecule has 1 aliphatic heterocycles. The maximum absolute atomic E-state index is 13.8. The summed E-state index contributed by atoms with van der Waals surface area (Å²) in [5.41, 5.74) is 2.97. The minimum atomic E-state index is -0.526. The van der Waals surface area contributed by atoms with Crippen molar-refractivity contribution in [1.29, 1.82) is 0 Å². The predicted octanol–water partition coefficient (Wildman–Crippen LogP) is 3.06. The van der Waals surface area contributed by atoms with E-state index in [1.165, 1.54) is 0 Å². The Labute approximate surface area is 191 Å². The molecule has 1 N–H and O–H groups in total. The van der Waals surface area contributed by atoms with Crippen molar-refractivity contribution in [3.63, 3.8) is 0 Å². The molecule has 170 valence electrons. The maximum Gasteiger partial charge on any atom is 0.247 e. The molecule has 0 bridgehead atoms. The van der Waals surface area contributed by atoms with E-state index in [4.69, 9.17) is 9.72 Å². The summed E-state index contributed by atoms with van der Waals surface area (Å²) in [5.74, 6) is 2.50. The van der Waals surface area contributed by atoms with E-state index in [1.54, 1.807) is 11.8 Å². The van der Waals surface area contributed by atoms with Gasteiger partial charge in [0.2, 0.25) is 5.91 Å². The van der Waals surface area contributed by atoms with Crippen molar-refractivity contribution in [2.24, 2.45) is 0 Å². The molecule has 5 rings (SSSR count). The molecule has 2 aromatic heterocycles. The number of para-hydroxylation sites is 2. The fourth-order valence-corrected chi connectivity index (χ4v) is 4.60. The number of tetrazole rings is 1. The second-order valence-electron chi connectivity index (χ2n) is 8.50. The highest BCUT2D eigenvalue weighted by molar-refractivity contribution is 5.81. The zero-order valence-electron chi connectivity index (χ0n) is 18.8. The number of benzene rings is 2. The molecule has 0 radical (unpaired) electrons. The first-order valence-electron chi connectivity index (χ1n) is 11.2. The SMILES string of the molecule is COc1cccc(C[C@@H](C(=O)N2CCC[C@H](c3nc4ccccc4[nH]3)C2)n2nnnc2C)c1. The summed E-state index contributed by atoms with van der Waals surface area (Å²) in [4.78, 5) is 24.0. The molecule has 9 nitrogen and oxygen atoms in total. The van der Waals surface area contributed by atoms with Crippen molar-refractivity contribution in [1.82, 2.24) is 35.1 Å². The summed E-state index contributed by atoms with van der Waals surface area (Å²) in [7, 11) is 1.64. The normalized spacial score (nSPS) is 17.3. The van der Waals surface area contributed by atoms with Gasteiger partial charge < -0.3 is 14.6 Å². The van der Waals surface area contributed by atoms with Gasteiger partial charge in [-0.05, 0) is 60.0 Å². The van der Waals surface area contributed by atoms with Crippen molar-refractivity contribution >= 4 is 16.9 Å². The Kier molecular flexibility index (Phi) is 5.77. The number of nitrogens with one attached hydrogen (secondary N) is 1. The summed E-state index contributed by atoms with van der Waals surface area (Å²) in [6.07, 6.45) is 2.40. The number of hydrogen-bond acceptors (Lipinski definition) is 6. The van der Waals surface area contributed by atoms with E-state index in [0.29, 0.717) is 25.3 Å². The third-order valence-corrected chi connectivity index (χ3v) is 6.33. The van der Waals surface area contributed by atoms with Crippen LogP contribution in [0.1, 0.15) is 42.0 Å². The number of H-pyrrole nitrogens is 1. The van der Waals surface area contributed by atoms with Crippen LogP contribution in [0.5, 0.6) is 5.75 Å². The van der Waals surface area contributed by atoms with Crippen LogP contribution in [-0.2, 0) is 11.2 Å². The molecule has 0 spiro atoms. The van der Waals surface area contributed by atoms with Gasteiger partial charge in [0.15, 0.2) is 0 Å². The van der Waals surface area contributed by atoms with E-state index in [9.17, 15) is 4.79 Å². The predicted molar refractivity (Wildman–Crippen MR) is 123 cm³/mol. The second-order valence-corrected chi connectivity index (χ2v) is 8.50. The van der Waals surface area contributed by atoms with Crippen LogP contribution in [0, 0.1) is 6.92 Å². The van der Waals surface area contributed by atoms with Crippen LogP contribution in [0.4, 0.5) is 0 Å². The quantitative estimate of drug-likeness (QED) is 0.489. The lowest BCUT2D eigenvalue weighted by Gasteiger charge is -2.34. The molecule has 0 unspecified atom stereocenters. The third kappa shape index (κ3) is 4.30. The largest absolute Gasteiger partial charge is 0.497 e. The van der Waals surface area contributed by atoms with E-state index in [-0.39, 0.29) is 11.8 Å². The molecule has 0 aliphatic carbocycles.